The number of ether oxygens (including phenoxy) is 1. The van der Waals surface area contributed by atoms with Crippen LogP contribution < -0.4 is 4.74 Å². The Morgan fingerprint density at radius 2 is 1.81 bits per heavy atom. The fraction of sp³-hybridized carbons (Fsp3) is 0.500. The fourth-order valence-corrected chi connectivity index (χ4v) is 1.40. The summed E-state index contributed by atoms with van der Waals surface area (Å²) in [4.78, 5) is 0. The molecule has 0 aliphatic rings. The summed E-state index contributed by atoms with van der Waals surface area (Å²) >= 11 is 6.00. The summed E-state index contributed by atoms with van der Waals surface area (Å²) in [6.45, 7) is 5.09. The molecular formula is C12H17ClO3. The van der Waals surface area contributed by atoms with E-state index in [-0.39, 0.29) is 6.10 Å². The van der Waals surface area contributed by atoms with Crippen LogP contribution in [0.2, 0.25) is 5.02 Å². The van der Waals surface area contributed by atoms with E-state index in [1.165, 1.54) is 0 Å². The maximum atomic E-state index is 9.37. The van der Waals surface area contributed by atoms with Crippen molar-refractivity contribution in [3.8, 4) is 5.75 Å². The molecule has 0 aromatic heterocycles. The predicted molar refractivity (Wildman–Crippen MR) is 63.9 cm³/mol. The summed E-state index contributed by atoms with van der Waals surface area (Å²) in [6, 6.07) is 5.11. The molecule has 0 heterocycles. The van der Waals surface area contributed by atoms with Gasteiger partial charge in [-0.05, 0) is 38.5 Å². The van der Waals surface area contributed by atoms with Gasteiger partial charge in [0.15, 0.2) is 0 Å². The summed E-state index contributed by atoms with van der Waals surface area (Å²) in [7, 11) is 0. The van der Waals surface area contributed by atoms with E-state index in [2.05, 4.69) is 0 Å². The Kier molecular flexibility index (Phi) is 4.59. The van der Waals surface area contributed by atoms with E-state index in [0.717, 1.165) is 5.56 Å². The quantitative estimate of drug-likeness (QED) is 0.856. The zero-order valence-electron chi connectivity index (χ0n) is 9.64. The van der Waals surface area contributed by atoms with Crippen LogP contribution in [-0.4, -0.2) is 22.4 Å². The van der Waals surface area contributed by atoms with E-state index < -0.39 is 12.2 Å². The largest absolute Gasteiger partial charge is 0.486 e. The van der Waals surface area contributed by atoms with Gasteiger partial charge in [-0.1, -0.05) is 17.7 Å². The molecule has 3 nitrogen and oxygen atoms in total. The molecule has 0 bridgehead atoms. The molecule has 0 amide bonds. The van der Waals surface area contributed by atoms with E-state index in [1.807, 2.05) is 0 Å². The lowest BCUT2D eigenvalue weighted by Crippen LogP contribution is -2.25. The second kappa shape index (κ2) is 5.53. The van der Waals surface area contributed by atoms with Gasteiger partial charge < -0.3 is 14.9 Å². The van der Waals surface area contributed by atoms with Crippen molar-refractivity contribution >= 4 is 11.6 Å². The summed E-state index contributed by atoms with van der Waals surface area (Å²) < 4.78 is 5.48. The molecule has 90 valence electrons. The number of benzene rings is 1. The molecule has 2 N–H and O–H groups in total. The van der Waals surface area contributed by atoms with Gasteiger partial charge in [-0.3, -0.25) is 0 Å². The number of aliphatic hydroxyl groups excluding tert-OH is 2. The monoisotopic (exact) mass is 244 g/mol. The Bertz CT molecular complexity index is 350. The maximum Gasteiger partial charge on any atom is 0.138 e. The van der Waals surface area contributed by atoms with Gasteiger partial charge in [0.25, 0.3) is 0 Å². The molecule has 1 rings (SSSR count). The van der Waals surface area contributed by atoms with E-state index in [4.69, 9.17) is 16.3 Å². The van der Waals surface area contributed by atoms with Crippen LogP contribution in [0.15, 0.2) is 18.2 Å². The number of rotatable bonds is 4. The Morgan fingerprint density at radius 1 is 1.19 bits per heavy atom. The van der Waals surface area contributed by atoms with Crippen molar-refractivity contribution in [2.24, 2.45) is 0 Å². The Hall–Kier alpha value is -0.770. The van der Waals surface area contributed by atoms with Gasteiger partial charge in [0, 0.05) is 0 Å². The molecule has 3 atom stereocenters. The first-order chi connectivity index (χ1) is 7.41. The highest BCUT2D eigenvalue weighted by atomic mass is 35.5. The average molecular weight is 245 g/mol. The van der Waals surface area contributed by atoms with E-state index in [0.29, 0.717) is 10.8 Å². The van der Waals surface area contributed by atoms with Crippen molar-refractivity contribution in [2.75, 3.05) is 0 Å². The van der Waals surface area contributed by atoms with Crippen molar-refractivity contribution in [2.45, 2.75) is 39.1 Å². The number of hydrogen-bond acceptors (Lipinski definition) is 3. The zero-order chi connectivity index (χ0) is 12.3. The Balaban J connectivity index is 2.83. The van der Waals surface area contributed by atoms with Crippen LogP contribution in [0.3, 0.4) is 0 Å². The molecule has 0 radical (unpaired) electrons. The highest BCUT2D eigenvalue weighted by Crippen LogP contribution is 2.28. The molecule has 0 saturated carbocycles. The van der Waals surface area contributed by atoms with Crippen molar-refractivity contribution < 1.29 is 14.9 Å². The van der Waals surface area contributed by atoms with Gasteiger partial charge in [0.1, 0.15) is 11.9 Å². The summed E-state index contributed by atoms with van der Waals surface area (Å²) in [5, 5.41) is 19.1. The van der Waals surface area contributed by atoms with Gasteiger partial charge in [0.2, 0.25) is 0 Å². The SMILES string of the molecule is CC(O)C(C)Oc1ccc([C@H](C)O)cc1Cl. The van der Waals surface area contributed by atoms with Gasteiger partial charge in [-0.2, -0.15) is 0 Å². The highest BCUT2D eigenvalue weighted by Gasteiger charge is 2.13. The molecular weight excluding hydrogens is 228 g/mol. The molecule has 0 aliphatic heterocycles. The molecule has 2 unspecified atom stereocenters. The van der Waals surface area contributed by atoms with Crippen LogP contribution in [0.25, 0.3) is 0 Å². The third-order valence-electron chi connectivity index (χ3n) is 2.43. The first kappa shape index (κ1) is 13.3. The lowest BCUT2D eigenvalue weighted by Gasteiger charge is -2.18. The van der Waals surface area contributed by atoms with Gasteiger partial charge >= 0.3 is 0 Å². The Labute approximate surface area is 101 Å². The third kappa shape index (κ3) is 3.37. The van der Waals surface area contributed by atoms with Crippen LogP contribution in [0, 0.1) is 0 Å². The molecule has 1 aromatic carbocycles. The minimum absolute atomic E-state index is 0.324. The molecule has 0 spiro atoms. The van der Waals surface area contributed by atoms with Crippen molar-refractivity contribution in [1.29, 1.82) is 0 Å². The molecule has 4 heteroatoms. The molecule has 0 fully saturated rings. The third-order valence-corrected chi connectivity index (χ3v) is 2.73. The Morgan fingerprint density at radius 3 is 2.25 bits per heavy atom. The van der Waals surface area contributed by atoms with E-state index >= 15 is 0 Å². The number of aliphatic hydroxyl groups is 2. The fourth-order valence-electron chi connectivity index (χ4n) is 1.17. The molecule has 0 aliphatic carbocycles. The van der Waals surface area contributed by atoms with Gasteiger partial charge in [-0.25, -0.2) is 0 Å². The maximum absolute atomic E-state index is 9.37. The second-order valence-corrected chi connectivity index (χ2v) is 4.34. The van der Waals surface area contributed by atoms with Crippen LogP contribution in [0.4, 0.5) is 0 Å². The highest BCUT2D eigenvalue weighted by molar-refractivity contribution is 6.32. The lowest BCUT2D eigenvalue weighted by atomic mass is 10.1. The van der Waals surface area contributed by atoms with Crippen LogP contribution in [0.5, 0.6) is 5.75 Å². The molecule has 1 aromatic rings. The first-order valence-corrected chi connectivity index (χ1v) is 5.62. The zero-order valence-corrected chi connectivity index (χ0v) is 10.4. The van der Waals surface area contributed by atoms with Crippen molar-refractivity contribution in [3.05, 3.63) is 28.8 Å². The summed E-state index contributed by atoms with van der Waals surface area (Å²) in [5.41, 5.74) is 0.738. The van der Waals surface area contributed by atoms with E-state index in [1.54, 1.807) is 39.0 Å². The standard InChI is InChI=1S/C12H17ClO3/c1-7(14)9(3)16-12-5-4-10(8(2)15)6-11(12)13/h4-9,14-15H,1-3H3/t7?,8-,9?/m0/s1. The minimum Gasteiger partial charge on any atom is -0.486 e. The van der Waals surface area contributed by atoms with Crippen LogP contribution >= 0.6 is 11.6 Å². The topological polar surface area (TPSA) is 49.7 Å². The van der Waals surface area contributed by atoms with E-state index in [9.17, 15) is 10.2 Å². The smallest absolute Gasteiger partial charge is 0.138 e. The lowest BCUT2D eigenvalue weighted by molar-refractivity contribution is 0.0604. The number of hydrogen-bond donors (Lipinski definition) is 2. The summed E-state index contributed by atoms with van der Waals surface area (Å²) in [6.07, 6.45) is -1.44. The van der Waals surface area contributed by atoms with Crippen LogP contribution in [-0.2, 0) is 0 Å². The summed E-state index contributed by atoms with van der Waals surface area (Å²) in [5.74, 6) is 0.513. The van der Waals surface area contributed by atoms with Crippen LogP contribution in [0.1, 0.15) is 32.4 Å². The second-order valence-electron chi connectivity index (χ2n) is 3.93. The van der Waals surface area contributed by atoms with Gasteiger partial charge in [0.05, 0.1) is 17.2 Å². The average Bonchev–Trinajstić information content (AvgIpc) is 2.20. The first-order valence-electron chi connectivity index (χ1n) is 5.24. The van der Waals surface area contributed by atoms with Gasteiger partial charge in [-0.15, -0.1) is 0 Å². The molecule has 16 heavy (non-hydrogen) atoms. The predicted octanol–water partition coefficient (Wildman–Crippen LogP) is 2.54. The van der Waals surface area contributed by atoms with Crippen molar-refractivity contribution in [1.82, 2.24) is 0 Å². The minimum atomic E-state index is -0.562. The van der Waals surface area contributed by atoms with Crippen molar-refractivity contribution in [3.63, 3.8) is 0 Å². The molecule has 0 saturated heterocycles. The number of halogens is 1. The normalized spacial score (nSPS) is 16.6.